The monoisotopic (exact) mass is 239 g/mol. The van der Waals surface area contributed by atoms with E-state index < -0.39 is 0 Å². The van der Waals surface area contributed by atoms with Gasteiger partial charge in [-0.2, -0.15) is 0 Å². The maximum absolute atomic E-state index is 5.19. The molecule has 1 heterocycles. The van der Waals surface area contributed by atoms with Crippen molar-refractivity contribution in [2.75, 3.05) is 18.8 Å². The number of thioether (sulfide) groups is 1. The standard InChI is InChI=1S/C10H17N5S/c1-3-5-6-9-16-10-12-13-14-15(10)8-7-11-4-2/h1,11H,4-9H2,2H3. The molecule has 0 atom stereocenters. The third-order valence-electron chi connectivity index (χ3n) is 1.95. The van der Waals surface area contributed by atoms with Gasteiger partial charge in [0.15, 0.2) is 0 Å². The largest absolute Gasteiger partial charge is 0.315 e. The highest BCUT2D eigenvalue weighted by molar-refractivity contribution is 7.99. The zero-order chi connectivity index (χ0) is 11.6. The summed E-state index contributed by atoms with van der Waals surface area (Å²) in [5, 5.41) is 15.7. The number of nitrogens with one attached hydrogen (secondary N) is 1. The van der Waals surface area contributed by atoms with Crippen LogP contribution in [0.3, 0.4) is 0 Å². The second kappa shape index (κ2) is 8.13. The van der Waals surface area contributed by atoms with E-state index in [0.29, 0.717) is 0 Å². The van der Waals surface area contributed by atoms with E-state index in [-0.39, 0.29) is 0 Å². The number of tetrazole rings is 1. The Bertz CT molecular complexity index is 330. The zero-order valence-electron chi connectivity index (χ0n) is 9.52. The highest BCUT2D eigenvalue weighted by Crippen LogP contribution is 2.14. The van der Waals surface area contributed by atoms with E-state index in [9.17, 15) is 0 Å². The number of hydrogen-bond acceptors (Lipinski definition) is 5. The van der Waals surface area contributed by atoms with E-state index in [1.165, 1.54) is 0 Å². The van der Waals surface area contributed by atoms with Crippen LogP contribution in [0.15, 0.2) is 5.16 Å². The van der Waals surface area contributed by atoms with Gasteiger partial charge in [0.1, 0.15) is 0 Å². The molecule has 1 aromatic rings. The summed E-state index contributed by atoms with van der Waals surface area (Å²) >= 11 is 1.66. The molecule has 88 valence electrons. The van der Waals surface area contributed by atoms with Crippen molar-refractivity contribution in [2.24, 2.45) is 0 Å². The molecule has 0 saturated carbocycles. The number of likely N-dealkylation sites (N-methyl/N-ethyl adjacent to an activating group) is 1. The fourth-order valence-electron chi connectivity index (χ4n) is 1.14. The maximum atomic E-state index is 5.19. The first kappa shape index (κ1) is 13.0. The smallest absolute Gasteiger partial charge is 0.209 e. The molecule has 0 radical (unpaired) electrons. The lowest BCUT2D eigenvalue weighted by molar-refractivity contribution is 0.517. The topological polar surface area (TPSA) is 55.6 Å². The maximum Gasteiger partial charge on any atom is 0.209 e. The van der Waals surface area contributed by atoms with Gasteiger partial charge >= 0.3 is 0 Å². The number of terminal acetylenes is 1. The van der Waals surface area contributed by atoms with Gasteiger partial charge in [0, 0.05) is 18.7 Å². The van der Waals surface area contributed by atoms with E-state index >= 15 is 0 Å². The van der Waals surface area contributed by atoms with Gasteiger partial charge in [0.05, 0.1) is 6.54 Å². The lowest BCUT2D eigenvalue weighted by Gasteiger charge is -2.03. The predicted molar refractivity (Wildman–Crippen MR) is 65.2 cm³/mol. The molecule has 0 aromatic carbocycles. The van der Waals surface area contributed by atoms with Gasteiger partial charge in [-0.05, 0) is 23.4 Å². The Morgan fingerprint density at radius 1 is 1.56 bits per heavy atom. The Morgan fingerprint density at radius 2 is 2.44 bits per heavy atom. The van der Waals surface area contributed by atoms with Crippen molar-refractivity contribution in [1.29, 1.82) is 0 Å². The summed E-state index contributed by atoms with van der Waals surface area (Å²) in [6, 6.07) is 0. The molecule has 0 bridgehead atoms. The van der Waals surface area contributed by atoms with E-state index in [1.54, 1.807) is 11.8 Å². The van der Waals surface area contributed by atoms with Crippen LogP contribution in [0.2, 0.25) is 0 Å². The molecule has 1 aromatic heterocycles. The van der Waals surface area contributed by atoms with Crippen molar-refractivity contribution < 1.29 is 0 Å². The lowest BCUT2D eigenvalue weighted by Crippen LogP contribution is -2.20. The van der Waals surface area contributed by atoms with E-state index in [0.717, 1.165) is 43.4 Å². The number of rotatable bonds is 8. The van der Waals surface area contributed by atoms with Gasteiger partial charge in [-0.1, -0.05) is 18.7 Å². The van der Waals surface area contributed by atoms with Crippen LogP contribution in [0.1, 0.15) is 19.8 Å². The molecule has 0 spiro atoms. The van der Waals surface area contributed by atoms with Crippen LogP contribution in [0.25, 0.3) is 0 Å². The Labute approximate surface area is 100 Å². The molecule has 5 nitrogen and oxygen atoms in total. The average Bonchev–Trinajstić information content (AvgIpc) is 2.73. The molecule has 0 unspecified atom stereocenters. The lowest BCUT2D eigenvalue weighted by atomic mass is 10.4. The summed E-state index contributed by atoms with van der Waals surface area (Å²) in [6.07, 6.45) is 7.00. The van der Waals surface area contributed by atoms with Crippen LogP contribution in [-0.2, 0) is 6.54 Å². The number of hydrogen-bond donors (Lipinski definition) is 1. The van der Waals surface area contributed by atoms with Crippen LogP contribution < -0.4 is 5.32 Å². The summed E-state index contributed by atoms with van der Waals surface area (Å²) in [5.41, 5.74) is 0. The summed E-state index contributed by atoms with van der Waals surface area (Å²) in [4.78, 5) is 0. The second-order valence-corrected chi connectivity index (χ2v) is 4.26. The van der Waals surface area contributed by atoms with Crippen LogP contribution in [-0.4, -0.2) is 39.0 Å². The predicted octanol–water partition coefficient (Wildman–Crippen LogP) is 0.788. The summed E-state index contributed by atoms with van der Waals surface area (Å²) in [7, 11) is 0. The van der Waals surface area contributed by atoms with Crippen molar-refractivity contribution in [1.82, 2.24) is 25.5 Å². The fraction of sp³-hybridized carbons (Fsp3) is 0.700. The van der Waals surface area contributed by atoms with Crippen molar-refractivity contribution in [3.05, 3.63) is 0 Å². The molecule has 6 heteroatoms. The number of unbranched alkanes of at least 4 members (excludes halogenated alkanes) is 1. The molecule has 16 heavy (non-hydrogen) atoms. The normalized spacial score (nSPS) is 10.2. The minimum Gasteiger partial charge on any atom is -0.315 e. The van der Waals surface area contributed by atoms with E-state index in [2.05, 4.69) is 33.7 Å². The summed E-state index contributed by atoms with van der Waals surface area (Å²) in [5.74, 6) is 3.59. The first-order chi connectivity index (χ1) is 7.88. The SMILES string of the molecule is C#CCCCSc1nnnn1CCNCC. The molecular weight excluding hydrogens is 222 g/mol. The second-order valence-electron chi connectivity index (χ2n) is 3.19. The van der Waals surface area contributed by atoms with Gasteiger partial charge in [-0.15, -0.1) is 17.4 Å². The fourth-order valence-corrected chi connectivity index (χ4v) is 1.98. The van der Waals surface area contributed by atoms with Crippen molar-refractivity contribution in [3.8, 4) is 12.3 Å². The molecule has 0 aliphatic heterocycles. The van der Waals surface area contributed by atoms with E-state index in [4.69, 9.17) is 6.42 Å². The van der Waals surface area contributed by atoms with Gasteiger partial charge in [-0.25, -0.2) is 4.68 Å². The van der Waals surface area contributed by atoms with Crippen molar-refractivity contribution in [3.63, 3.8) is 0 Å². The molecule has 1 rings (SSSR count). The average molecular weight is 239 g/mol. The molecule has 0 amide bonds. The third kappa shape index (κ3) is 4.64. The van der Waals surface area contributed by atoms with Crippen LogP contribution in [0.4, 0.5) is 0 Å². The Morgan fingerprint density at radius 3 is 3.19 bits per heavy atom. The van der Waals surface area contributed by atoms with Crippen LogP contribution in [0, 0.1) is 12.3 Å². The first-order valence-electron chi connectivity index (χ1n) is 5.41. The van der Waals surface area contributed by atoms with Gasteiger partial charge in [0.25, 0.3) is 0 Å². The third-order valence-corrected chi connectivity index (χ3v) is 2.99. The Hall–Kier alpha value is -1.06. The molecule has 1 N–H and O–H groups in total. The van der Waals surface area contributed by atoms with Gasteiger partial charge in [0.2, 0.25) is 5.16 Å². The highest BCUT2D eigenvalue weighted by atomic mass is 32.2. The minimum atomic E-state index is 0.804. The molecular formula is C10H17N5S. The van der Waals surface area contributed by atoms with Gasteiger partial charge in [-0.3, -0.25) is 0 Å². The molecule has 0 saturated heterocycles. The summed E-state index contributed by atoms with van der Waals surface area (Å²) in [6.45, 7) is 4.74. The molecule has 0 aliphatic rings. The zero-order valence-corrected chi connectivity index (χ0v) is 10.3. The van der Waals surface area contributed by atoms with Crippen molar-refractivity contribution >= 4 is 11.8 Å². The number of aromatic nitrogens is 4. The number of nitrogens with zero attached hydrogens (tertiary/aromatic N) is 4. The van der Waals surface area contributed by atoms with E-state index in [1.807, 2.05) is 4.68 Å². The highest BCUT2D eigenvalue weighted by Gasteiger charge is 2.05. The van der Waals surface area contributed by atoms with Crippen molar-refractivity contribution in [2.45, 2.75) is 31.5 Å². The van der Waals surface area contributed by atoms with Crippen LogP contribution in [0.5, 0.6) is 0 Å². The minimum absolute atomic E-state index is 0.804. The Balaban J connectivity index is 2.29. The molecule has 0 aliphatic carbocycles. The Kier molecular flexibility index (Phi) is 6.61. The molecule has 0 fully saturated rings. The summed E-state index contributed by atoms with van der Waals surface area (Å²) < 4.78 is 1.82. The first-order valence-corrected chi connectivity index (χ1v) is 6.40. The van der Waals surface area contributed by atoms with Crippen LogP contribution >= 0.6 is 11.8 Å². The van der Waals surface area contributed by atoms with Gasteiger partial charge < -0.3 is 5.32 Å². The quantitative estimate of drug-likeness (QED) is 0.413.